The van der Waals surface area contributed by atoms with Crippen LogP contribution in [0.15, 0.2) is 30.5 Å². The summed E-state index contributed by atoms with van der Waals surface area (Å²) in [4.78, 5) is 21.9. The highest BCUT2D eigenvalue weighted by molar-refractivity contribution is 5.95. The highest BCUT2D eigenvalue weighted by Crippen LogP contribution is 2.21. The van der Waals surface area contributed by atoms with Crippen LogP contribution in [0.4, 0.5) is 11.4 Å². The van der Waals surface area contributed by atoms with Crippen molar-refractivity contribution >= 4 is 17.3 Å². The summed E-state index contributed by atoms with van der Waals surface area (Å²) in [6.07, 6.45) is 1.72. The fourth-order valence-corrected chi connectivity index (χ4v) is 1.89. The molecule has 0 fully saturated rings. The molecule has 0 aliphatic carbocycles. The number of hydrogen-bond acceptors (Lipinski definition) is 5. The summed E-state index contributed by atoms with van der Waals surface area (Å²) < 4.78 is 0. The third-order valence-electron chi connectivity index (χ3n) is 3.00. The highest BCUT2D eigenvalue weighted by atomic mass is 16.2. The second kappa shape index (κ2) is 6.21. The molecule has 0 aliphatic rings. The largest absolute Gasteiger partial charge is 0.397 e. The summed E-state index contributed by atoms with van der Waals surface area (Å²) in [7, 11) is 3.44. The van der Waals surface area contributed by atoms with E-state index in [0.717, 1.165) is 17.2 Å². The van der Waals surface area contributed by atoms with E-state index in [9.17, 15) is 4.79 Å². The average molecular weight is 285 g/mol. The van der Waals surface area contributed by atoms with E-state index >= 15 is 0 Å². The minimum atomic E-state index is -0.0593. The zero-order valence-corrected chi connectivity index (χ0v) is 12.4. The lowest BCUT2D eigenvalue weighted by Crippen LogP contribution is -2.21. The Morgan fingerprint density at radius 1 is 1.33 bits per heavy atom. The van der Waals surface area contributed by atoms with Crippen molar-refractivity contribution in [3.05, 3.63) is 47.5 Å². The number of amides is 1. The van der Waals surface area contributed by atoms with Gasteiger partial charge in [0, 0.05) is 25.9 Å². The van der Waals surface area contributed by atoms with Crippen LogP contribution in [0.25, 0.3) is 0 Å². The van der Waals surface area contributed by atoms with E-state index in [2.05, 4.69) is 15.3 Å². The Kier molecular flexibility index (Phi) is 4.37. The molecule has 0 atom stereocenters. The van der Waals surface area contributed by atoms with Gasteiger partial charge in [0.15, 0.2) is 0 Å². The van der Waals surface area contributed by atoms with Crippen molar-refractivity contribution in [3.8, 4) is 0 Å². The molecule has 0 spiro atoms. The molecule has 1 aromatic carbocycles. The van der Waals surface area contributed by atoms with E-state index in [1.807, 2.05) is 13.0 Å². The molecular weight excluding hydrogens is 266 g/mol. The molecule has 1 aromatic heterocycles. The van der Waals surface area contributed by atoms with Crippen LogP contribution < -0.4 is 11.1 Å². The molecule has 0 saturated heterocycles. The molecule has 6 nitrogen and oxygen atoms in total. The van der Waals surface area contributed by atoms with Gasteiger partial charge in [0.2, 0.25) is 0 Å². The smallest absolute Gasteiger partial charge is 0.253 e. The van der Waals surface area contributed by atoms with Gasteiger partial charge < -0.3 is 16.0 Å². The molecular formula is C15H19N5O. The zero-order chi connectivity index (χ0) is 15.4. The Morgan fingerprint density at radius 2 is 2.10 bits per heavy atom. The second-order valence-electron chi connectivity index (χ2n) is 4.95. The van der Waals surface area contributed by atoms with E-state index < -0.39 is 0 Å². The van der Waals surface area contributed by atoms with E-state index in [0.29, 0.717) is 17.8 Å². The summed E-state index contributed by atoms with van der Waals surface area (Å²) in [5.74, 6) is 0.662. The second-order valence-corrected chi connectivity index (χ2v) is 4.95. The Balaban J connectivity index is 2.16. The van der Waals surface area contributed by atoms with Crippen molar-refractivity contribution in [1.82, 2.24) is 14.9 Å². The van der Waals surface area contributed by atoms with Crippen molar-refractivity contribution in [2.24, 2.45) is 0 Å². The number of carbonyl (C=O) groups excluding carboxylic acids is 1. The molecule has 0 saturated carbocycles. The number of anilines is 2. The number of rotatable bonds is 4. The molecule has 0 unspecified atom stereocenters. The maximum Gasteiger partial charge on any atom is 0.253 e. The van der Waals surface area contributed by atoms with Gasteiger partial charge in [-0.05, 0) is 31.2 Å². The number of aromatic nitrogens is 2. The van der Waals surface area contributed by atoms with Gasteiger partial charge in [-0.25, -0.2) is 9.97 Å². The number of nitrogens with zero attached hydrogens (tertiary/aromatic N) is 3. The molecule has 3 N–H and O–H groups in total. The first-order valence-corrected chi connectivity index (χ1v) is 6.61. The Labute approximate surface area is 124 Å². The Morgan fingerprint density at radius 3 is 2.76 bits per heavy atom. The van der Waals surface area contributed by atoms with Gasteiger partial charge in [-0.3, -0.25) is 4.79 Å². The van der Waals surface area contributed by atoms with Gasteiger partial charge in [-0.1, -0.05) is 0 Å². The summed E-state index contributed by atoms with van der Waals surface area (Å²) in [6, 6.07) is 7.04. The van der Waals surface area contributed by atoms with Crippen molar-refractivity contribution in [1.29, 1.82) is 0 Å². The molecule has 6 heteroatoms. The van der Waals surface area contributed by atoms with Crippen molar-refractivity contribution in [2.75, 3.05) is 25.1 Å². The molecule has 110 valence electrons. The lowest BCUT2D eigenvalue weighted by molar-refractivity contribution is 0.0827. The standard InChI is InChI=1S/C15H19N5O/c1-10-17-7-6-12(19-10)9-18-14-8-11(4-5-13(14)16)15(21)20(2)3/h4-8,18H,9,16H2,1-3H3. The minimum absolute atomic E-state index is 0.0593. The van der Waals surface area contributed by atoms with E-state index in [1.165, 1.54) is 4.90 Å². The SMILES string of the molecule is Cc1nccc(CNc2cc(C(=O)N(C)C)ccc2N)n1. The lowest BCUT2D eigenvalue weighted by Gasteiger charge is -2.14. The van der Waals surface area contributed by atoms with Gasteiger partial charge in [0.1, 0.15) is 5.82 Å². The van der Waals surface area contributed by atoms with Crippen LogP contribution in [0.2, 0.25) is 0 Å². The van der Waals surface area contributed by atoms with Crippen LogP contribution in [-0.4, -0.2) is 34.9 Å². The summed E-state index contributed by atoms with van der Waals surface area (Å²) in [5.41, 5.74) is 8.71. The molecule has 1 heterocycles. The first-order chi connectivity index (χ1) is 9.97. The van der Waals surface area contributed by atoms with Crippen molar-refractivity contribution in [3.63, 3.8) is 0 Å². The highest BCUT2D eigenvalue weighted by Gasteiger charge is 2.10. The molecule has 2 rings (SSSR count). The molecule has 0 aliphatic heterocycles. The normalized spacial score (nSPS) is 10.2. The van der Waals surface area contributed by atoms with Crippen molar-refractivity contribution in [2.45, 2.75) is 13.5 Å². The van der Waals surface area contributed by atoms with Crippen LogP contribution in [0, 0.1) is 6.92 Å². The van der Waals surface area contributed by atoms with Crippen LogP contribution in [0.3, 0.4) is 0 Å². The predicted octanol–water partition coefficient (Wildman–Crippen LogP) is 1.68. The summed E-state index contributed by atoms with van der Waals surface area (Å²) in [5, 5.41) is 3.20. The summed E-state index contributed by atoms with van der Waals surface area (Å²) in [6.45, 7) is 2.36. The summed E-state index contributed by atoms with van der Waals surface area (Å²) >= 11 is 0. The first-order valence-electron chi connectivity index (χ1n) is 6.61. The minimum Gasteiger partial charge on any atom is -0.397 e. The van der Waals surface area contributed by atoms with Gasteiger partial charge in [0.25, 0.3) is 5.91 Å². The average Bonchev–Trinajstić information content (AvgIpc) is 2.45. The van der Waals surface area contributed by atoms with Crippen LogP contribution >= 0.6 is 0 Å². The van der Waals surface area contributed by atoms with Crippen molar-refractivity contribution < 1.29 is 4.79 Å². The number of carbonyl (C=O) groups is 1. The lowest BCUT2D eigenvalue weighted by atomic mass is 10.1. The van der Waals surface area contributed by atoms with E-state index in [1.54, 1.807) is 38.5 Å². The van der Waals surface area contributed by atoms with Crippen LogP contribution in [0.1, 0.15) is 21.9 Å². The number of aryl methyl sites for hydroxylation is 1. The van der Waals surface area contributed by atoms with E-state index in [4.69, 9.17) is 5.73 Å². The third kappa shape index (κ3) is 3.68. The van der Waals surface area contributed by atoms with Gasteiger partial charge in [-0.2, -0.15) is 0 Å². The maximum absolute atomic E-state index is 12.0. The predicted molar refractivity (Wildman–Crippen MR) is 83.0 cm³/mol. The van der Waals surface area contributed by atoms with Crippen LogP contribution in [-0.2, 0) is 6.54 Å². The first kappa shape index (κ1) is 14.8. The Hall–Kier alpha value is -2.63. The fraction of sp³-hybridized carbons (Fsp3) is 0.267. The number of hydrogen-bond donors (Lipinski definition) is 2. The quantitative estimate of drug-likeness (QED) is 0.835. The number of benzene rings is 1. The number of nitrogens with one attached hydrogen (secondary N) is 1. The third-order valence-corrected chi connectivity index (χ3v) is 3.00. The molecule has 0 radical (unpaired) electrons. The fourth-order valence-electron chi connectivity index (χ4n) is 1.89. The zero-order valence-electron chi connectivity index (χ0n) is 12.4. The number of nitrogen functional groups attached to an aromatic ring is 1. The van der Waals surface area contributed by atoms with Gasteiger partial charge >= 0.3 is 0 Å². The molecule has 21 heavy (non-hydrogen) atoms. The molecule has 0 bridgehead atoms. The monoisotopic (exact) mass is 285 g/mol. The van der Waals surface area contributed by atoms with Gasteiger partial charge in [-0.15, -0.1) is 0 Å². The van der Waals surface area contributed by atoms with Gasteiger partial charge in [0.05, 0.1) is 23.6 Å². The molecule has 2 aromatic rings. The topological polar surface area (TPSA) is 84.1 Å². The van der Waals surface area contributed by atoms with Crippen LogP contribution in [0.5, 0.6) is 0 Å². The maximum atomic E-state index is 12.0. The number of nitrogens with two attached hydrogens (primary N) is 1. The molecule has 1 amide bonds. The van der Waals surface area contributed by atoms with E-state index in [-0.39, 0.29) is 5.91 Å². The Bertz CT molecular complexity index is 654.